The van der Waals surface area contributed by atoms with Gasteiger partial charge in [0.1, 0.15) is 22.8 Å². The highest BCUT2D eigenvalue weighted by atomic mass is 79.9. The summed E-state index contributed by atoms with van der Waals surface area (Å²) < 4.78 is 2.38. The number of hydrogen-bond donors (Lipinski definition) is 2. The summed E-state index contributed by atoms with van der Waals surface area (Å²) in [5.74, 6) is 0.958. The van der Waals surface area contributed by atoms with Crippen molar-refractivity contribution in [1.29, 1.82) is 0 Å². The van der Waals surface area contributed by atoms with Gasteiger partial charge in [0.2, 0.25) is 0 Å². The molecular formula is C20H15BrCl2N4O2. The van der Waals surface area contributed by atoms with E-state index in [1.807, 2.05) is 6.92 Å². The van der Waals surface area contributed by atoms with E-state index in [0.717, 1.165) is 10.0 Å². The monoisotopic (exact) mass is 492 g/mol. The summed E-state index contributed by atoms with van der Waals surface area (Å²) in [6, 6.07) is 10.1. The highest BCUT2D eigenvalue weighted by molar-refractivity contribution is 9.10. The summed E-state index contributed by atoms with van der Waals surface area (Å²) in [6.45, 7) is 1.93. The van der Waals surface area contributed by atoms with Crippen molar-refractivity contribution in [1.82, 2.24) is 19.7 Å². The molecule has 2 aromatic carbocycles. The second kappa shape index (κ2) is 7.82. The molecule has 0 atom stereocenters. The number of benzene rings is 2. The molecule has 2 aliphatic heterocycles. The molecule has 2 aliphatic rings. The smallest absolute Gasteiger partial charge is 0.284 e. The van der Waals surface area contributed by atoms with Crippen LogP contribution >= 0.6 is 39.1 Å². The van der Waals surface area contributed by atoms with Gasteiger partial charge in [-0.05, 0) is 36.2 Å². The Bertz CT molecular complexity index is 1210. The minimum atomic E-state index is -0.361. The fourth-order valence-corrected chi connectivity index (χ4v) is 4.56. The molecule has 0 aliphatic carbocycles. The van der Waals surface area contributed by atoms with Gasteiger partial charge in [-0.25, -0.2) is 9.67 Å². The van der Waals surface area contributed by atoms with Crippen molar-refractivity contribution in [3.63, 3.8) is 0 Å². The number of phenolic OH excluding ortho intramolecular Hbond substituents is 1. The first-order valence-corrected chi connectivity index (χ1v) is 10.4. The second-order valence-electron chi connectivity index (χ2n) is 6.48. The standard InChI is InChI=1S/C20H15BrCl2N4O2/c1-2-15-17-19(27(26-15)18-13(22)8-11(21)9-14(18)23)24-16(25-20(17)29)7-10-3-5-12(28)6-4-10/h3-6,8-9,26,28H,2,7H2,1H3. The largest absolute Gasteiger partial charge is 0.508 e. The molecule has 0 saturated heterocycles. The van der Waals surface area contributed by atoms with E-state index < -0.39 is 0 Å². The van der Waals surface area contributed by atoms with Crippen LogP contribution in [-0.2, 0) is 12.8 Å². The van der Waals surface area contributed by atoms with Crippen molar-refractivity contribution in [3.8, 4) is 22.8 Å². The van der Waals surface area contributed by atoms with Crippen molar-refractivity contribution in [2.45, 2.75) is 19.8 Å². The molecule has 0 radical (unpaired) electrons. The number of phenols is 1. The molecule has 29 heavy (non-hydrogen) atoms. The fourth-order valence-electron chi connectivity index (χ4n) is 3.18. The molecule has 2 aromatic rings. The average Bonchev–Trinajstić information content (AvgIpc) is 3.02. The number of aryl methyl sites for hydroxylation is 1. The van der Waals surface area contributed by atoms with Gasteiger partial charge in [-0.3, -0.25) is 9.89 Å². The molecule has 0 spiro atoms. The van der Waals surface area contributed by atoms with Gasteiger partial charge in [-0.15, -0.1) is 0 Å². The predicted octanol–water partition coefficient (Wildman–Crippen LogP) is 4.99. The highest BCUT2D eigenvalue weighted by Crippen LogP contribution is 2.35. The topological polar surface area (TPSA) is 83.8 Å². The lowest BCUT2D eigenvalue weighted by atomic mass is 10.1. The number of aromatic nitrogens is 4. The van der Waals surface area contributed by atoms with Crippen LogP contribution in [-0.4, -0.2) is 24.9 Å². The molecule has 0 amide bonds. The molecule has 6 nitrogen and oxygen atoms in total. The zero-order chi connectivity index (χ0) is 20.7. The van der Waals surface area contributed by atoms with Crippen molar-refractivity contribution in [3.05, 3.63) is 78.4 Å². The van der Waals surface area contributed by atoms with Crippen molar-refractivity contribution >= 4 is 39.1 Å². The molecule has 0 aromatic heterocycles. The number of rotatable bonds is 4. The number of aromatic amines is 1. The quantitative estimate of drug-likeness (QED) is 0.419. The summed E-state index contributed by atoms with van der Waals surface area (Å²) in [4.78, 5) is 21.6. The maximum atomic E-state index is 12.8. The van der Waals surface area contributed by atoms with Crippen LogP contribution in [0.2, 0.25) is 10.0 Å². The Morgan fingerprint density at radius 1 is 1.14 bits per heavy atom. The number of H-pyrrole nitrogens is 1. The lowest BCUT2D eigenvalue weighted by Gasteiger charge is -2.11. The van der Waals surface area contributed by atoms with Gasteiger partial charge in [-0.1, -0.05) is 58.2 Å². The predicted molar refractivity (Wildman–Crippen MR) is 117 cm³/mol. The first-order chi connectivity index (χ1) is 13.9. The number of nitrogens with one attached hydrogen (secondary N) is 1. The van der Waals surface area contributed by atoms with Gasteiger partial charge in [0.05, 0.1) is 10.0 Å². The summed E-state index contributed by atoms with van der Waals surface area (Å²) in [5.41, 5.74) is 2.14. The Morgan fingerprint density at radius 3 is 2.41 bits per heavy atom. The number of halogens is 3. The molecule has 0 bridgehead atoms. The second-order valence-corrected chi connectivity index (χ2v) is 8.21. The first kappa shape index (κ1) is 19.9. The summed E-state index contributed by atoms with van der Waals surface area (Å²) in [7, 11) is 0. The molecule has 2 N–H and O–H groups in total. The fraction of sp³-hybridized carbons (Fsp3) is 0.150. The third-order valence-electron chi connectivity index (χ3n) is 4.52. The van der Waals surface area contributed by atoms with Crippen LogP contribution in [0.4, 0.5) is 0 Å². The Kier molecular flexibility index (Phi) is 5.38. The van der Waals surface area contributed by atoms with Crippen LogP contribution in [0.1, 0.15) is 24.0 Å². The van der Waals surface area contributed by atoms with Crippen LogP contribution in [0.5, 0.6) is 5.75 Å². The molecule has 2 heterocycles. The van der Waals surface area contributed by atoms with Crippen molar-refractivity contribution in [2.75, 3.05) is 0 Å². The number of hydrogen-bond acceptors (Lipinski definition) is 4. The van der Waals surface area contributed by atoms with E-state index >= 15 is 0 Å². The zero-order valence-electron chi connectivity index (χ0n) is 15.2. The van der Waals surface area contributed by atoms with Gasteiger partial charge in [0, 0.05) is 16.6 Å². The summed E-state index contributed by atoms with van der Waals surface area (Å²) >= 11 is 16.3. The molecule has 0 saturated carbocycles. The van der Waals surface area contributed by atoms with E-state index in [9.17, 15) is 9.90 Å². The van der Waals surface area contributed by atoms with Crippen molar-refractivity contribution in [2.24, 2.45) is 0 Å². The lowest BCUT2D eigenvalue weighted by molar-refractivity contribution is 0.475. The minimum Gasteiger partial charge on any atom is -0.508 e. The Balaban J connectivity index is 1.91. The van der Waals surface area contributed by atoms with Crippen LogP contribution in [0, 0.1) is 0 Å². The van der Waals surface area contributed by atoms with Crippen LogP contribution in [0.3, 0.4) is 0 Å². The summed E-state index contributed by atoms with van der Waals surface area (Å²) in [6.07, 6.45) is 0.936. The lowest BCUT2D eigenvalue weighted by Crippen LogP contribution is -2.17. The first-order valence-electron chi connectivity index (χ1n) is 8.80. The normalized spacial score (nSPS) is 11.3. The maximum absolute atomic E-state index is 12.8. The minimum absolute atomic E-state index is 0.172. The maximum Gasteiger partial charge on any atom is 0.284 e. The van der Waals surface area contributed by atoms with Gasteiger partial charge in [-0.2, -0.15) is 4.98 Å². The Hall–Kier alpha value is -2.35. The number of aromatic hydroxyl groups is 1. The number of nitrogens with zero attached hydrogens (tertiary/aromatic N) is 3. The number of fused-ring (bicyclic) bond motifs is 1. The third kappa shape index (κ3) is 3.77. The third-order valence-corrected chi connectivity index (χ3v) is 5.55. The highest BCUT2D eigenvalue weighted by Gasteiger charge is 2.25. The molecular weight excluding hydrogens is 479 g/mol. The summed E-state index contributed by atoms with van der Waals surface area (Å²) in [5, 5.41) is 13.5. The van der Waals surface area contributed by atoms with Gasteiger partial charge in [0.25, 0.3) is 5.56 Å². The SMILES string of the molecule is CCc1[nH]n(-c2c(Cl)cc(Br)cc2Cl)c2nc(Cc3ccc(O)cc3)nc(=O)c1-2. The average molecular weight is 494 g/mol. The van der Waals surface area contributed by atoms with E-state index in [1.54, 1.807) is 41.1 Å². The van der Waals surface area contributed by atoms with E-state index in [4.69, 9.17) is 23.2 Å². The Morgan fingerprint density at radius 2 is 1.79 bits per heavy atom. The molecule has 9 heteroatoms. The van der Waals surface area contributed by atoms with Gasteiger partial charge < -0.3 is 5.11 Å². The zero-order valence-corrected chi connectivity index (χ0v) is 18.3. The van der Waals surface area contributed by atoms with E-state index in [2.05, 4.69) is 31.0 Å². The van der Waals surface area contributed by atoms with Crippen LogP contribution < -0.4 is 5.56 Å². The molecule has 0 fully saturated rings. The van der Waals surface area contributed by atoms with Crippen molar-refractivity contribution < 1.29 is 5.11 Å². The van der Waals surface area contributed by atoms with Gasteiger partial charge in [0.15, 0.2) is 5.82 Å². The van der Waals surface area contributed by atoms with E-state index in [0.29, 0.717) is 51.5 Å². The van der Waals surface area contributed by atoms with Crippen LogP contribution in [0.15, 0.2) is 45.7 Å². The molecule has 4 rings (SSSR count). The van der Waals surface area contributed by atoms with Crippen LogP contribution in [0.25, 0.3) is 17.1 Å². The molecule has 148 valence electrons. The molecule has 0 unspecified atom stereocenters. The van der Waals surface area contributed by atoms with Gasteiger partial charge >= 0.3 is 0 Å². The Labute approximate surface area is 184 Å². The van der Waals surface area contributed by atoms with E-state index in [-0.39, 0.29) is 11.3 Å². The van der Waals surface area contributed by atoms with E-state index in [1.165, 1.54) is 0 Å².